The van der Waals surface area contributed by atoms with E-state index in [1.165, 1.54) is 11.1 Å². The number of unbranched alkanes of at least 4 members (excludes halogenated alkanes) is 1. The molecule has 2 rings (SSSR count). The van der Waals surface area contributed by atoms with Crippen molar-refractivity contribution in [2.24, 2.45) is 0 Å². The molecule has 6 heteroatoms. The number of hydrogen-bond acceptors (Lipinski definition) is 4. The lowest BCUT2D eigenvalue weighted by Crippen LogP contribution is -2.32. The number of urea groups is 1. The van der Waals surface area contributed by atoms with Gasteiger partial charge in [0.1, 0.15) is 5.75 Å². The highest BCUT2D eigenvalue weighted by atomic mass is 16.5. The highest BCUT2D eigenvalue weighted by Gasteiger charge is 2.09. The van der Waals surface area contributed by atoms with E-state index in [-0.39, 0.29) is 6.03 Å². The fraction of sp³-hybridized carbons (Fsp3) is 0.429. The summed E-state index contributed by atoms with van der Waals surface area (Å²) in [6.45, 7) is 5.86. The van der Waals surface area contributed by atoms with Crippen LogP contribution in [0.5, 0.6) is 11.6 Å². The van der Waals surface area contributed by atoms with E-state index in [1.54, 1.807) is 30.3 Å². The molecule has 2 aromatic rings. The van der Waals surface area contributed by atoms with Crippen LogP contribution in [0.25, 0.3) is 0 Å². The van der Waals surface area contributed by atoms with Gasteiger partial charge >= 0.3 is 6.03 Å². The molecule has 0 saturated heterocycles. The SMILES string of the molecule is Cc1ccc(Oc2ccc(NC(=O)N(C)CCCCN(C)C)cn2)cc1C. The lowest BCUT2D eigenvalue weighted by molar-refractivity contribution is 0.221. The topological polar surface area (TPSA) is 57.7 Å². The van der Waals surface area contributed by atoms with Gasteiger partial charge in [-0.3, -0.25) is 0 Å². The zero-order valence-electron chi connectivity index (χ0n) is 17.0. The molecule has 0 spiro atoms. The molecule has 0 aliphatic heterocycles. The highest BCUT2D eigenvalue weighted by Crippen LogP contribution is 2.23. The monoisotopic (exact) mass is 370 g/mol. The Hall–Kier alpha value is -2.60. The lowest BCUT2D eigenvalue weighted by Gasteiger charge is -2.18. The van der Waals surface area contributed by atoms with Crippen LogP contribution in [0.15, 0.2) is 36.5 Å². The molecule has 27 heavy (non-hydrogen) atoms. The third-order valence-electron chi connectivity index (χ3n) is 4.38. The van der Waals surface area contributed by atoms with E-state index in [4.69, 9.17) is 4.74 Å². The summed E-state index contributed by atoms with van der Waals surface area (Å²) in [7, 11) is 5.91. The molecule has 0 aliphatic rings. The van der Waals surface area contributed by atoms with Crippen LogP contribution in [0.3, 0.4) is 0 Å². The van der Waals surface area contributed by atoms with Gasteiger partial charge in [-0.2, -0.15) is 0 Å². The summed E-state index contributed by atoms with van der Waals surface area (Å²) in [6.07, 6.45) is 3.65. The lowest BCUT2D eigenvalue weighted by atomic mass is 10.1. The molecular weight excluding hydrogens is 340 g/mol. The van der Waals surface area contributed by atoms with E-state index >= 15 is 0 Å². The van der Waals surface area contributed by atoms with Gasteiger partial charge in [-0.05, 0) is 76.7 Å². The van der Waals surface area contributed by atoms with Gasteiger partial charge in [0, 0.05) is 19.7 Å². The Morgan fingerprint density at radius 3 is 2.41 bits per heavy atom. The number of aromatic nitrogens is 1. The number of ether oxygens (including phenoxy) is 1. The molecule has 146 valence electrons. The van der Waals surface area contributed by atoms with Crippen LogP contribution in [-0.2, 0) is 0 Å². The Morgan fingerprint density at radius 1 is 1.04 bits per heavy atom. The highest BCUT2D eigenvalue weighted by molar-refractivity contribution is 5.88. The Labute approximate surface area is 162 Å². The number of anilines is 1. The first kappa shape index (κ1) is 20.7. The third kappa shape index (κ3) is 6.90. The van der Waals surface area contributed by atoms with E-state index in [1.807, 2.05) is 25.1 Å². The molecule has 1 aromatic heterocycles. The molecular formula is C21H30N4O2. The van der Waals surface area contributed by atoms with Crippen LogP contribution >= 0.6 is 0 Å². The average molecular weight is 370 g/mol. The van der Waals surface area contributed by atoms with Crippen LogP contribution in [-0.4, -0.2) is 55.0 Å². The van der Waals surface area contributed by atoms with Gasteiger partial charge in [0.2, 0.25) is 5.88 Å². The van der Waals surface area contributed by atoms with Crippen molar-refractivity contribution >= 4 is 11.7 Å². The van der Waals surface area contributed by atoms with Crippen molar-refractivity contribution < 1.29 is 9.53 Å². The number of nitrogens with zero attached hydrogens (tertiary/aromatic N) is 3. The quantitative estimate of drug-likeness (QED) is 0.704. The van der Waals surface area contributed by atoms with Gasteiger partial charge in [-0.15, -0.1) is 0 Å². The van der Waals surface area contributed by atoms with Crippen LogP contribution in [0.1, 0.15) is 24.0 Å². The van der Waals surface area contributed by atoms with Crippen LogP contribution in [0, 0.1) is 13.8 Å². The molecule has 6 nitrogen and oxygen atoms in total. The Morgan fingerprint density at radius 2 is 1.78 bits per heavy atom. The van der Waals surface area contributed by atoms with Crippen molar-refractivity contribution in [3.05, 3.63) is 47.7 Å². The summed E-state index contributed by atoms with van der Waals surface area (Å²) in [6, 6.07) is 9.34. The number of benzene rings is 1. The second-order valence-electron chi connectivity index (χ2n) is 7.10. The predicted octanol–water partition coefficient (Wildman–Crippen LogP) is 4.30. The van der Waals surface area contributed by atoms with E-state index in [0.29, 0.717) is 11.6 Å². The normalized spacial score (nSPS) is 10.7. The van der Waals surface area contributed by atoms with E-state index < -0.39 is 0 Å². The minimum atomic E-state index is -0.135. The fourth-order valence-corrected chi connectivity index (χ4v) is 2.51. The molecule has 0 aliphatic carbocycles. The van der Waals surface area contributed by atoms with Gasteiger partial charge in [-0.1, -0.05) is 6.07 Å². The van der Waals surface area contributed by atoms with Gasteiger partial charge in [0.15, 0.2) is 0 Å². The minimum absolute atomic E-state index is 0.135. The smallest absolute Gasteiger partial charge is 0.321 e. The second-order valence-corrected chi connectivity index (χ2v) is 7.10. The third-order valence-corrected chi connectivity index (χ3v) is 4.38. The summed E-state index contributed by atoms with van der Waals surface area (Å²) >= 11 is 0. The van der Waals surface area contributed by atoms with Gasteiger partial charge in [0.05, 0.1) is 11.9 Å². The van der Waals surface area contributed by atoms with E-state index in [2.05, 4.69) is 36.2 Å². The van der Waals surface area contributed by atoms with Crippen molar-refractivity contribution in [1.82, 2.24) is 14.8 Å². The predicted molar refractivity (Wildman–Crippen MR) is 110 cm³/mol. The molecule has 1 N–H and O–H groups in total. The second kappa shape index (κ2) is 9.92. The molecule has 1 aromatic carbocycles. The number of carbonyl (C=O) groups excluding carboxylic acids is 1. The largest absolute Gasteiger partial charge is 0.439 e. The van der Waals surface area contributed by atoms with Crippen LogP contribution in [0.4, 0.5) is 10.5 Å². The van der Waals surface area contributed by atoms with Gasteiger partial charge in [-0.25, -0.2) is 9.78 Å². The number of amides is 2. The zero-order chi connectivity index (χ0) is 19.8. The van der Waals surface area contributed by atoms with E-state index in [0.717, 1.165) is 31.7 Å². The number of aryl methyl sites for hydroxylation is 2. The first-order valence-electron chi connectivity index (χ1n) is 9.23. The number of rotatable bonds is 8. The summed E-state index contributed by atoms with van der Waals surface area (Å²) in [5.41, 5.74) is 3.04. The first-order chi connectivity index (χ1) is 12.8. The van der Waals surface area contributed by atoms with Crippen molar-refractivity contribution in [3.8, 4) is 11.6 Å². The van der Waals surface area contributed by atoms with Crippen molar-refractivity contribution in [1.29, 1.82) is 0 Å². The maximum atomic E-state index is 12.2. The van der Waals surface area contributed by atoms with Crippen LogP contribution < -0.4 is 10.1 Å². The van der Waals surface area contributed by atoms with Crippen molar-refractivity contribution in [2.45, 2.75) is 26.7 Å². The standard InChI is InChI=1S/C21H30N4O2/c1-16-8-10-19(14-17(16)2)27-20-11-9-18(15-22-20)23-21(26)25(5)13-7-6-12-24(3)4/h8-11,14-15H,6-7,12-13H2,1-5H3,(H,23,26). The number of carbonyl (C=O) groups is 1. The van der Waals surface area contributed by atoms with Crippen LogP contribution in [0.2, 0.25) is 0 Å². The Kier molecular flexibility index (Phi) is 7.61. The minimum Gasteiger partial charge on any atom is -0.439 e. The summed E-state index contributed by atoms with van der Waals surface area (Å²) < 4.78 is 5.77. The van der Waals surface area contributed by atoms with Crippen molar-refractivity contribution in [2.75, 3.05) is 39.5 Å². The Bertz CT molecular complexity index is 744. The van der Waals surface area contributed by atoms with Crippen molar-refractivity contribution in [3.63, 3.8) is 0 Å². The molecule has 0 unspecified atom stereocenters. The fourth-order valence-electron chi connectivity index (χ4n) is 2.51. The average Bonchev–Trinajstić information content (AvgIpc) is 2.63. The molecule has 0 fully saturated rings. The molecule has 2 amide bonds. The zero-order valence-corrected chi connectivity index (χ0v) is 17.0. The number of pyridine rings is 1. The number of hydrogen-bond donors (Lipinski definition) is 1. The maximum absolute atomic E-state index is 12.2. The van der Waals surface area contributed by atoms with Gasteiger partial charge < -0.3 is 19.9 Å². The molecule has 0 radical (unpaired) electrons. The molecule has 0 saturated carbocycles. The Balaban J connectivity index is 1.83. The molecule has 1 heterocycles. The van der Waals surface area contributed by atoms with Gasteiger partial charge in [0.25, 0.3) is 0 Å². The number of nitrogens with one attached hydrogen (secondary N) is 1. The summed E-state index contributed by atoms with van der Waals surface area (Å²) in [4.78, 5) is 20.3. The maximum Gasteiger partial charge on any atom is 0.321 e. The molecule has 0 bridgehead atoms. The molecule has 0 atom stereocenters. The van der Waals surface area contributed by atoms with E-state index in [9.17, 15) is 4.79 Å². The summed E-state index contributed by atoms with van der Waals surface area (Å²) in [5.74, 6) is 1.24. The first-order valence-corrected chi connectivity index (χ1v) is 9.23. The summed E-state index contributed by atoms with van der Waals surface area (Å²) in [5, 5.41) is 2.86.